The highest BCUT2D eigenvalue weighted by Gasteiger charge is 2.55. The van der Waals surface area contributed by atoms with E-state index in [1.807, 2.05) is 39.8 Å². The molecule has 2 unspecified atom stereocenters. The second-order valence-corrected chi connectivity index (χ2v) is 13.4. The fraction of sp³-hybridized carbons (Fsp3) is 0.433. The van der Waals surface area contributed by atoms with Crippen molar-refractivity contribution in [2.45, 2.75) is 56.7 Å². The zero-order valence-electron chi connectivity index (χ0n) is 23.4. The van der Waals surface area contributed by atoms with E-state index in [1.54, 1.807) is 43.4 Å². The van der Waals surface area contributed by atoms with Crippen LogP contribution in [0.5, 0.6) is 11.5 Å². The van der Waals surface area contributed by atoms with Gasteiger partial charge in [0.05, 0.1) is 31.2 Å². The van der Waals surface area contributed by atoms with Crippen molar-refractivity contribution >= 4 is 16.1 Å². The Bertz CT molecular complexity index is 1460. The van der Waals surface area contributed by atoms with Crippen LogP contribution in [-0.2, 0) is 14.8 Å². The molecule has 3 heterocycles. The smallest absolute Gasteiger partial charge is 0.411 e. The number of sulfonamides is 1. The summed E-state index contributed by atoms with van der Waals surface area (Å²) in [6.45, 7) is 12.1. The minimum atomic E-state index is -3.67. The third-order valence-electron chi connectivity index (χ3n) is 7.66. The number of methoxy groups -OCH3 is 2. The summed E-state index contributed by atoms with van der Waals surface area (Å²) in [7, 11) is -0.428. The van der Waals surface area contributed by atoms with E-state index >= 15 is 0 Å². The van der Waals surface area contributed by atoms with Gasteiger partial charge in [-0.15, -0.1) is 0 Å². The van der Waals surface area contributed by atoms with Crippen molar-refractivity contribution in [3.05, 3.63) is 76.9 Å². The maximum Gasteiger partial charge on any atom is 0.411 e. The number of hydrogen-bond donors (Lipinski definition) is 0. The largest absolute Gasteiger partial charge is 0.496 e. The first kappa shape index (κ1) is 27.3. The number of benzene rings is 2. The molecule has 39 heavy (non-hydrogen) atoms. The van der Waals surface area contributed by atoms with Crippen LogP contribution in [0, 0.1) is 12.8 Å². The van der Waals surface area contributed by atoms with E-state index in [4.69, 9.17) is 14.2 Å². The minimum Gasteiger partial charge on any atom is -0.496 e. The molecule has 1 amide bonds. The topological polar surface area (TPSA) is 85.4 Å². The van der Waals surface area contributed by atoms with Crippen LogP contribution in [0.25, 0.3) is 0 Å². The molecule has 3 aliphatic rings. The molecule has 5 rings (SSSR count). The van der Waals surface area contributed by atoms with Gasteiger partial charge in [-0.2, -0.15) is 4.31 Å². The van der Waals surface area contributed by atoms with E-state index in [1.165, 1.54) is 4.31 Å². The Kier molecular flexibility index (Phi) is 6.79. The molecule has 8 nitrogen and oxygen atoms in total. The van der Waals surface area contributed by atoms with Gasteiger partial charge in [0.1, 0.15) is 17.1 Å². The summed E-state index contributed by atoms with van der Waals surface area (Å²) in [6.07, 6.45) is 2.35. The lowest BCUT2D eigenvalue weighted by molar-refractivity contribution is 0.0167. The lowest BCUT2D eigenvalue weighted by atomic mass is 9.81. The Morgan fingerprint density at radius 3 is 2.21 bits per heavy atom. The van der Waals surface area contributed by atoms with Gasteiger partial charge < -0.3 is 14.2 Å². The van der Waals surface area contributed by atoms with Crippen LogP contribution in [0.3, 0.4) is 0 Å². The number of nitrogens with zero attached hydrogens (tertiary/aromatic N) is 2. The maximum atomic E-state index is 13.5. The predicted octanol–water partition coefficient (Wildman–Crippen LogP) is 5.55. The average Bonchev–Trinajstić information content (AvgIpc) is 3.53. The van der Waals surface area contributed by atoms with Gasteiger partial charge in [-0.25, -0.2) is 13.2 Å². The zero-order chi connectivity index (χ0) is 28.3. The normalized spacial score (nSPS) is 23.8. The zero-order valence-corrected chi connectivity index (χ0v) is 24.2. The monoisotopic (exact) mass is 552 g/mol. The van der Waals surface area contributed by atoms with Crippen molar-refractivity contribution in [3.63, 3.8) is 0 Å². The van der Waals surface area contributed by atoms with Crippen molar-refractivity contribution in [2.24, 2.45) is 5.92 Å². The molecule has 2 aromatic carbocycles. The van der Waals surface area contributed by atoms with Gasteiger partial charge >= 0.3 is 6.09 Å². The number of aryl methyl sites for hydroxylation is 1. The third kappa shape index (κ3) is 4.72. The van der Waals surface area contributed by atoms with Crippen molar-refractivity contribution in [1.82, 2.24) is 9.21 Å². The molecule has 2 bridgehead atoms. The molecule has 0 saturated carbocycles. The third-order valence-corrected chi connectivity index (χ3v) is 9.46. The van der Waals surface area contributed by atoms with Crippen LogP contribution in [0.15, 0.2) is 65.1 Å². The Hall–Kier alpha value is -3.30. The number of amides is 1. The van der Waals surface area contributed by atoms with Gasteiger partial charge in [-0.1, -0.05) is 30.4 Å². The lowest BCUT2D eigenvalue weighted by Gasteiger charge is -2.28. The molecule has 0 spiro atoms. The Morgan fingerprint density at radius 1 is 1.00 bits per heavy atom. The number of fused-ring (bicyclic) bond motifs is 5. The molecule has 0 N–H and O–H groups in total. The van der Waals surface area contributed by atoms with Gasteiger partial charge in [0.2, 0.25) is 10.0 Å². The van der Waals surface area contributed by atoms with Crippen molar-refractivity contribution in [1.29, 1.82) is 0 Å². The summed E-state index contributed by atoms with van der Waals surface area (Å²) in [5.74, 6) is 1.31. The van der Waals surface area contributed by atoms with Gasteiger partial charge in [0.15, 0.2) is 0 Å². The summed E-state index contributed by atoms with van der Waals surface area (Å²) >= 11 is 0. The van der Waals surface area contributed by atoms with Crippen molar-refractivity contribution < 1.29 is 27.4 Å². The molecular formula is C30H36N2O6S. The van der Waals surface area contributed by atoms with Crippen LogP contribution >= 0.6 is 0 Å². The van der Waals surface area contributed by atoms with Gasteiger partial charge in [0.25, 0.3) is 0 Å². The van der Waals surface area contributed by atoms with Gasteiger partial charge in [-0.05, 0) is 69.5 Å². The Labute approximate surface area is 230 Å². The number of carbonyl (C=O) groups is 1. The van der Waals surface area contributed by atoms with E-state index in [2.05, 4.69) is 12.7 Å². The van der Waals surface area contributed by atoms with Crippen LogP contribution in [0.2, 0.25) is 0 Å². The average molecular weight is 553 g/mol. The molecule has 0 aliphatic carbocycles. The SMILES string of the molecule is C=C1CN(S(=O)(=O)c2ccc(C)cc2)C/C1=C/[C@@H]1CC2c3c(OC)ccc(OC)c3C1N2C(=O)OC(C)(C)C. The van der Waals surface area contributed by atoms with E-state index in [0.29, 0.717) is 17.9 Å². The van der Waals surface area contributed by atoms with Crippen LogP contribution in [0.1, 0.15) is 56.0 Å². The highest BCUT2D eigenvalue weighted by molar-refractivity contribution is 7.89. The fourth-order valence-electron chi connectivity index (χ4n) is 5.96. The first-order valence-corrected chi connectivity index (χ1v) is 14.5. The molecule has 2 aromatic rings. The van der Waals surface area contributed by atoms with Crippen molar-refractivity contribution in [3.8, 4) is 11.5 Å². The summed E-state index contributed by atoms with van der Waals surface area (Å²) in [5.41, 5.74) is 3.83. The summed E-state index contributed by atoms with van der Waals surface area (Å²) in [4.78, 5) is 15.6. The molecule has 2 saturated heterocycles. The van der Waals surface area contributed by atoms with Crippen LogP contribution < -0.4 is 9.47 Å². The van der Waals surface area contributed by atoms with E-state index in [0.717, 1.165) is 27.8 Å². The second kappa shape index (κ2) is 9.71. The predicted molar refractivity (Wildman–Crippen MR) is 148 cm³/mol. The molecule has 208 valence electrons. The summed E-state index contributed by atoms with van der Waals surface area (Å²) < 4.78 is 45.4. The van der Waals surface area contributed by atoms with E-state index < -0.39 is 21.7 Å². The Balaban J connectivity index is 1.50. The highest BCUT2D eigenvalue weighted by Crippen LogP contribution is 2.62. The second-order valence-electron chi connectivity index (χ2n) is 11.4. The maximum absolute atomic E-state index is 13.5. The molecule has 9 heteroatoms. The minimum absolute atomic E-state index is 0.0789. The highest BCUT2D eigenvalue weighted by atomic mass is 32.2. The first-order valence-electron chi connectivity index (χ1n) is 13.1. The fourth-order valence-corrected chi connectivity index (χ4v) is 7.37. The summed E-state index contributed by atoms with van der Waals surface area (Å²) in [6, 6.07) is 10.0. The van der Waals surface area contributed by atoms with Crippen LogP contribution in [0.4, 0.5) is 4.79 Å². The lowest BCUT2D eigenvalue weighted by Crippen LogP contribution is -2.35. The number of carbonyl (C=O) groups excluding carboxylic acids is 1. The number of rotatable bonds is 5. The van der Waals surface area contributed by atoms with Crippen LogP contribution in [-0.4, -0.2) is 56.6 Å². The van der Waals surface area contributed by atoms with E-state index in [-0.39, 0.29) is 36.0 Å². The number of hydrogen-bond acceptors (Lipinski definition) is 6. The Morgan fingerprint density at radius 2 is 1.62 bits per heavy atom. The molecule has 3 atom stereocenters. The first-order chi connectivity index (χ1) is 18.4. The quantitative estimate of drug-likeness (QED) is 0.483. The molecule has 3 aliphatic heterocycles. The van der Waals surface area contributed by atoms with Crippen molar-refractivity contribution in [2.75, 3.05) is 27.3 Å². The standard InChI is InChI=1S/C30H36N2O6S/c1-18-8-10-22(11-9-18)39(34,35)31-16-19(2)21(17-31)14-20-15-23-26-24(36-6)12-13-25(37-7)27(26)28(20)32(23)29(33)38-30(3,4)5/h8-14,20,23,28H,2,15-17H2,1,3-7H3/b21-14-/t20-,23?,28?/m1/s1. The van der Waals surface area contributed by atoms with Gasteiger partial charge in [0, 0.05) is 30.1 Å². The molecule has 2 fully saturated rings. The molecule has 0 aromatic heterocycles. The molecule has 0 radical (unpaired) electrons. The van der Waals surface area contributed by atoms with E-state index in [9.17, 15) is 13.2 Å². The summed E-state index contributed by atoms with van der Waals surface area (Å²) in [5, 5.41) is 0. The molecular weight excluding hydrogens is 516 g/mol. The number of ether oxygens (including phenoxy) is 3. The van der Waals surface area contributed by atoms with Gasteiger partial charge in [-0.3, -0.25) is 4.90 Å².